The summed E-state index contributed by atoms with van der Waals surface area (Å²) in [5, 5.41) is 5.07. The Kier molecular flexibility index (Phi) is 4.63. The zero-order chi connectivity index (χ0) is 18.8. The standard InChI is InChI=1S/C23H22N2O2/c1-2-16-10-12-19(13-11-16)24-23(27)18-14-22(26)25(15-18)21-9-5-7-17-6-3-4-8-20(17)21/h3-13,18H,2,14-15H2,1H3,(H,24,27)/t18-/m1/s1. The van der Waals surface area contributed by atoms with Crippen LogP contribution in [0.4, 0.5) is 11.4 Å². The minimum absolute atomic E-state index is 0.00664. The Morgan fingerprint density at radius 2 is 1.78 bits per heavy atom. The van der Waals surface area contributed by atoms with Crippen LogP contribution in [-0.2, 0) is 16.0 Å². The highest BCUT2D eigenvalue weighted by Crippen LogP contribution is 2.32. The number of nitrogens with zero attached hydrogens (tertiary/aromatic N) is 1. The minimum atomic E-state index is -0.345. The predicted molar refractivity (Wildman–Crippen MR) is 109 cm³/mol. The molecule has 3 aromatic carbocycles. The second kappa shape index (κ2) is 7.23. The van der Waals surface area contributed by atoms with E-state index in [1.54, 1.807) is 4.90 Å². The molecule has 4 heteroatoms. The van der Waals surface area contributed by atoms with Gasteiger partial charge in [0.1, 0.15) is 0 Å². The fourth-order valence-corrected chi connectivity index (χ4v) is 3.63. The van der Waals surface area contributed by atoms with E-state index in [1.165, 1.54) is 5.56 Å². The van der Waals surface area contributed by atoms with Crippen molar-refractivity contribution in [1.29, 1.82) is 0 Å². The normalized spacial score (nSPS) is 16.7. The van der Waals surface area contributed by atoms with Gasteiger partial charge in [-0.2, -0.15) is 0 Å². The number of hydrogen-bond donors (Lipinski definition) is 1. The zero-order valence-electron chi connectivity index (χ0n) is 15.3. The lowest BCUT2D eigenvalue weighted by molar-refractivity contribution is -0.122. The number of nitrogens with one attached hydrogen (secondary N) is 1. The van der Waals surface area contributed by atoms with Crippen molar-refractivity contribution in [2.45, 2.75) is 19.8 Å². The van der Waals surface area contributed by atoms with Crippen molar-refractivity contribution in [3.63, 3.8) is 0 Å². The maximum Gasteiger partial charge on any atom is 0.229 e. The van der Waals surface area contributed by atoms with Crippen LogP contribution in [0.2, 0.25) is 0 Å². The third-order valence-corrected chi connectivity index (χ3v) is 5.18. The first-order valence-electron chi connectivity index (χ1n) is 9.33. The molecular weight excluding hydrogens is 336 g/mol. The molecule has 0 aliphatic carbocycles. The average Bonchev–Trinajstić information content (AvgIpc) is 3.10. The Bertz CT molecular complexity index is 989. The summed E-state index contributed by atoms with van der Waals surface area (Å²) < 4.78 is 0. The molecule has 0 saturated carbocycles. The molecule has 1 saturated heterocycles. The molecule has 3 aromatic rings. The highest BCUT2D eigenvalue weighted by atomic mass is 16.2. The molecular formula is C23H22N2O2. The van der Waals surface area contributed by atoms with Gasteiger partial charge in [-0.1, -0.05) is 55.5 Å². The molecule has 0 aromatic heterocycles. The number of fused-ring (bicyclic) bond motifs is 1. The van der Waals surface area contributed by atoms with Crippen LogP contribution in [-0.4, -0.2) is 18.4 Å². The van der Waals surface area contributed by atoms with Crippen LogP contribution in [0, 0.1) is 5.92 Å². The van der Waals surface area contributed by atoms with Crippen molar-refractivity contribution < 1.29 is 9.59 Å². The van der Waals surface area contributed by atoms with Gasteiger partial charge in [0.25, 0.3) is 0 Å². The van der Waals surface area contributed by atoms with Gasteiger partial charge in [-0.25, -0.2) is 0 Å². The molecule has 1 aliphatic rings. The van der Waals surface area contributed by atoms with Crippen molar-refractivity contribution in [1.82, 2.24) is 0 Å². The lowest BCUT2D eigenvalue weighted by atomic mass is 10.1. The second-order valence-electron chi connectivity index (χ2n) is 6.94. The number of carbonyl (C=O) groups is 2. The van der Waals surface area contributed by atoms with Crippen LogP contribution in [0.1, 0.15) is 18.9 Å². The van der Waals surface area contributed by atoms with Crippen molar-refractivity contribution in [3.8, 4) is 0 Å². The van der Waals surface area contributed by atoms with Crippen LogP contribution < -0.4 is 10.2 Å². The van der Waals surface area contributed by atoms with Crippen molar-refractivity contribution >= 4 is 34.0 Å². The Labute approximate surface area is 158 Å². The van der Waals surface area contributed by atoms with Crippen molar-refractivity contribution in [3.05, 3.63) is 72.3 Å². The molecule has 1 heterocycles. The van der Waals surface area contributed by atoms with E-state index >= 15 is 0 Å². The van der Waals surface area contributed by atoms with Gasteiger partial charge in [-0.3, -0.25) is 9.59 Å². The Morgan fingerprint density at radius 1 is 1.04 bits per heavy atom. The molecule has 1 aliphatic heterocycles. The third-order valence-electron chi connectivity index (χ3n) is 5.18. The summed E-state index contributed by atoms with van der Waals surface area (Å²) in [6.45, 7) is 2.51. The molecule has 0 bridgehead atoms. The van der Waals surface area contributed by atoms with Gasteiger partial charge in [0.05, 0.1) is 11.6 Å². The Hall–Kier alpha value is -3.14. The van der Waals surface area contributed by atoms with Crippen LogP contribution in [0.3, 0.4) is 0 Å². The van der Waals surface area contributed by atoms with E-state index in [9.17, 15) is 9.59 Å². The Balaban J connectivity index is 1.52. The van der Waals surface area contributed by atoms with Crippen LogP contribution in [0.5, 0.6) is 0 Å². The first kappa shape index (κ1) is 17.3. The summed E-state index contributed by atoms with van der Waals surface area (Å²) in [7, 11) is 0. The maximum atomic E-state index is 12.7. The molecule has 136 valence electrons. The molecule has 2 amide bonds. The number of anilines is 2. The number of carbonyl (C=O) groups excluding carboxylic acids is 2. The number of amides is 2. The van der Waals surface area contributed by atoms with Gasteiger partial charge in [-0.05, 0) is 35.6 Å². The summed E-state index contributed by atoms with van der Waals surface area (Å²) in [6.07, 6.45) is 1.20. The van der Waals surface area contributed by atoms with E-state index < -0.39 is 0 Å². The number of aryl methyl sites for hydroxylation is 1. The lowest BCUT2D eigenvalue weighted by Gasteiger charge is -2.19. The van der Waals surface area contributed by atoms with Gasteiger partial charge >= 0.3 is 0 Å². The summed E-state index contributed by atoms with van der Waals surface area (Å²) in [6, 6.07) is 21.8. The highest BCUT2D eigenvalue weighted by molar-refractivity contribution is 6.08. The third kappa shape index (κ3) is 3.43. The van der Waals surface area contributed by atoms with Crippen molar-refractivity contribution in [2.24, 2.45) is 5.92 Å². The quantitative estimate of drug-likeness (QED) is 0.752. The largest absolute Gasteiger partial charge is 0.326 e. The van der Waals surface area contributed by atoms with Gasteiger partial charge in [0, 0.05) is 24.0 Å². The maximum absolute atomic E-state index is 12.7. The van der Waals surface area contributed by atoms with E-state index in [1.807, 2.05) is 66.7 Å². The molecule has 0 spiro atoms. The molecule has 0 unspecified atom stereocenters. The predicted octanol–water partition coefficient (Wildman–Crippen LogP) is 4.39. The summed E-state index contributed by atoms with van der Waals surface area (Å²) in [5.41, 5.74) is 2.88. The highest BCUT2D eigenvalue weighted by Gasteiger charge is 2.35. The smallest absolute Gasteiger partial charge is 0.229 e. The summed E-state index contributed by atoms with van der Waals surface area (Å²) in [5.74, 6) is -0.453. The molecule has 0 radical (unpaired) electrons. The van der Waals surface area contributed by atoms with Gasteiger partial charge in [-0.15, -0.1) is 0 Å². The molecule has 1 N–H and O–H groups in total. The first-order chi connectivity index (χ1) is 13.2. The molecule has 1 fully saturated rings. The molecule has 1 atom stereocenters. The summed E-state index contributed by atoms with van der Waals surface area (Å²) in [4.78, 5) is 27.0. The molecule has 27 heavy (non-hydrogen) atoms. The van der Waals surface area contributed by atoms with E-state index in [0.717, 1.165) is 28.6 Å². The van der Waals surface area contributed by atoms with Gasteiger partial charge in [0.15, 0.2) is 0 Å². The van der Waals surface area contributed by atoms with E-state index in [-0.39, 0.29) is 24.2 Å². The van der Waals surface area contributed by atoms with Crippen LogP contribution >= 0.6 is 0 Å². The number of benzene rings is 3. The SMILES string of the molecule is CCc1ccc(NC(=O)[C@@H]2CC(=O)N(c3cccc4ccccc34)C2)cc1. The Morgan fingerprint density at radius 3 is 2.56 bits per heavy atom. The summed E-state index contributed by atoms with van der Waals surface area (Å²) >= 11 is 0. The van der Waals surface area contributed by atoms with Crippen LogP contribution in [0.15, 0.2) is 66.7 Å². The number of rotatable bonds is 4. The fourth-order valence-electron chi connectivity index (χ4n) is 3.63. The first-order valence-corrected chi connectivity index (χ1v) is 9.33. The fraction of sp³-hybridized carbons (Fsp3) is 0.217. The molecule has 4 rings (SSSR count). The topological polar surface area (TPSA) is 49.4 Å². The van der Waals surface area contributed by atoms with Gasteiger partial charge in [0.2, 0.25) is 11.8 Å². The lowest BCUT2D eigenvalue weighted by Crippen LogP contribution is -2.28. The number of hydrogen-bond acceptors (Lipinski definition) is 2. The monoisotopic (exact) mass is 358 g/mol. The van der Waals surface area contributed by atoms with Crippen LogP contribution in [0.25, 0.3) is 10.8 Å². The van der Waals surface area contributed by atoms with Crippen molar-refractivity contribution in [2.75, 3.05) is 16.8 Å². The molecule has 4 nitrogen and oxygen atoms in total. The second-order valence-corrected chi connectivity index (χ2v) is 6.94. The van der Waals surface area contributed by atoms with E-state index in [0.29, 0.717) is 6.54 Å². The van der Waals surface area contributed by atoms with E-state index in [4.69, 9.17) is 0 Å². The average molecular weight is 358 g/mol. The van der Waals surface area contributed by atoms with Gasteiger partial charge < -0.3 is 10.2 Å². The minimum Gasteiger partial charge on any atom is -0.326 e. The zero-order valence-corrected chi connectivity index (χ0v) is 15.3. The van der Waals surface area contributed by atoms with E-state index in [2.05, 4.69) is 12.2 Å².